The second-order valence-electron chi connectivity index (χ2n) is 8.11. The summed E-state index contributed by atoms with van der Waals surface area (Å²) in [7, 11) is 3.33. The molecule has 2 aliphatic rings. The predicted molar refractivity (Wildman–Crippen MR) is 116 cm³/mol. The second-order valence-corrected chi connectivity index (χ2v) is 8.50. The quantitative estimate of drug-likeness (QED) is 0.709. The van der Waals surface area contributed by atoms with Crippen LogP contribution < -0.4 is 14.8 Å². The van der Waals surface area contributed by atoms with Crippen LogP contribution in [0.3, 0.4) is 0 Å². The number of nitrogens with zero attached hydrogens (tertiary/aromatic N) is 2. The molecule has 160 valence electrons. The van der Waals surface area contributed by atoms with Gasteiger partial charge in [0, 0.05) is 25.7 Å². The molecule has 29 heavy (non-hydrogen) atoms. The number of carbonyl (C=O) groups is 1. The molecule has 8 heteroatoms. The number of benzene rings is 1. The van der Waals surface area contributed by atoms with E-state index >= 15 is 0 Å². The lowest BCUT2D eigenvalue weighted by Gasteiger charge is -2.41. The third-order valence-electron chi connectivity index (χ3n) is 5.67. The number of piperidine rings is 1. The fraction of sp³-hybridized carbons (Fsp3) is 0.619. The van der Waals surface area contributed by atoms with E-state index in [9.17, 15) is 4.79 Å². The van der Waals surface area contributed by atoms with Gasteiger partial charge in [-0.1, -0.05) is 0 Å². The molecule has 7 nitrogen and oxygen atoms in total. The fourth-order valence-electron chi connectivity index (χ4n) is 4.09. The van der Waals surface area contributed by atoms with Crippen molar-refractivity contribution in [2.45, 2.75) is 44.7 Å². The molecule has 0 saturated carbocycles. The molecule has 0 unspecified atom stereocenters. The first-order chi connectivity index (χ1) is 13.9. The maximum Gasteiger partial charge on any atom is 0.410 e. The van der Waals surface area contributed by atoms with E-state index in [0.717, 1.165) is 54.5 Å². The molecule has 2 aliphatic heterocycles. The van der Waals surface area contributed by atoms with Crippen molar-refractivity contribution in [1.82, 2.24) is 15.1 Å². The van der Waals surface area contributed by atoms with Crippen LogP contribution in [-0.2, 0) is 11.2 Å². The van der Waals surface area contributed by atoms with E-state index in [1.807, 2.05) is 23.1 Å². The molecule has 2 saturated heterocycles. The lowest BCUT2D eigenvalue weighted by atomic mass is 9.97. The molecule has 1 N–H and O–H groups in total. The second kappa shape index (κ2) is 9.07. The summed E-state index contributed by atoms with van der Waals surface area (Å²) in [5, 5.41) is 4.11. The molecule has 1 amide bonds. The minimum Gasteiger partial charge on any atom is -0.497 e. The first-order valence-electron chi connectivity index (χ1n) is 10.1. The molecule has 0 radical (unpaired) electrons. The molecule has 0 aromatic heterocycles. The number of cyclic esters (lactones) is 1. The Labute approximate surface area is 178 Å². The van der Waals surface area contributed by atoms with E-state index in [1.165, 1.54) is 0 Å². The Balaban J connectivity index is 1.48. The molecular formula is C21H31N3O4S. The number of methoxy groups -OCH3 is 2. The van der Waals surface area contributed by atoms with Crippen LogP contribution in [0.4, 0.5) is 4.79 Å². The Bertz CT molecular complexity index is 747. The highest BCUT2D eigenvalue weighted by atomic mass is 32.1. The molecule has 0 bridgehead atoms. The Morgan fingerprint density at radius 3 is 2.59 bits per heavy atom. The van der Waals surface area contributed by atoms with Gasteiger partial charge in [-0.05, 0) is 69.1 Å². The van der Waals surface area contributed by atoms with Gasteiger partial charge in [-0.25, -0.2) is 4.79 Å². The minimum absolute atomic E-state index is 0.193. The molecule has 2 fully saturated rings. The minimum atomic E-state index is -0.238. The van der Waals surface area contributed by atoms with Gasteiger partial charge in [0.25, 0.3) is 0 Å². The molecule has 0 atom stereocenters. The number of amides is 1. The van der Waals surface area contributed by atoms with Crippen molar-refractivity contribution in [3.05, 3.63) is 23.8 Å². The zero-order chi connectivity index (χ0) is 21.0. The van der Waals surface area contributed by atoms with E-state index < -0.39 is 0 Å². The lowest BCUT2D eigenvalue weighted by Crippen LogP contribution is -2.54. The molecule has 1 aromatic carbocycles. The molecular weight excluding hydrogens is 390 g/mol. The summed E-state index contributed by atoms with van der Waals surface area (Å²) in [6, 6.07) is 6.01. The summed E-state index contributed by atoms with van der Waals surface area (Å²) < 4.78 is 16.0. The molecule has 1 aromatic rings. The smallest absolute Gasteiger partial charge is 0.410 e. The van der Waals surface area contributed by atoms with Gasteiger partial charge in [-0.3, -0.25) is 4.90 Å². The first-order valence-corrected chi connectivity index (χ1v) is 10.5. The van der Waals surface area contributed by atoms with Gasteiger partial charge in [0.15, 0.2) is 5.11 Å². The SMILES string of the molecule is COc1ccc(OC)c(CCNC(=S)N2CCC(N3C(=O)OCC3(C)C)CC2)c1. The van der Waals surface area contributed by atoms with Gasteiger partial charge in [0.05, 0.1) is 19.8 Å². The first kappa shape index (κ1) is 21.5. The summed E-state index contributed by atoms with van der Waals surface area (Å²) in [4.78, 5) is 16.2. The molecule has 2 heterocycles. The van der Waals surface area contributed by atoms with Gasteiger partial charge in [-0.15, -0.1) is 0 Å². The number of hydrogen-bond donors (Lipinski definition) is 1. The van der Waals surface area contributed by atoms with Crippen LogP contribution in [0.1, 0.15) is 32.3 Å². The maximum atomic E-state index is 12.1. The van der Waals surface area contributed by atoms with Crippen molar-refractivity contribution in [2.75, 3.05) is 40.5 Å². The highest BCUT2D eigenvalue weighted by Crippen LogP contribution is 2.30. The fourth-order valence-corrected chi connectivity index (χ4v) is 4.37. The molecule has 0 spiro atoms. The third kappa shape index (κ3) is 4.86. The van der Waals surface area contributed by atoms with E-state index in [2.05, 4.69) is 24.1 Å². The zero-order valence-corrected chi connectivity index (χ0v) is 18.5. The van der Waals surface area contributed by atoms with E-state index in [4.69, 9.17) is 26.4 Å². The Hall–Kier alpha value is -2.22. The average Bonchev–Trinajstić information content (AvgIpc) is 3.00. The molecule has 0 aliphatic carbocycles. The Morgan fingerprint density at radius 1 is 1.28 bits per heavy atom. The van der Waals surface area contributed by atoms with Gasteiger partial charge < -0.3 is 24.4 Å². The number of nitrogens with one attached hydrogen (secondary N) is 1. The van der Waals surface area contributed by atoms with Crippen molar-refractivity contribution in [1.29, 1.82) is 0 Å². The lowest BCUT2D eigenvalue weighted by molar-refractivity contribution is 0.102. The Morgan fingerprint density at radius 2 is 2.00 bits per heavy atom. The van der Waals surface area contributed by atoms with Gasteiger partial charge in [0.2, 0.25) is 0 Å². The van der Waals surface area contributed by atoms with Crippen LogP contribution >= 0.6 is 12.2 Å². The van der Waals surface area contributed by atoms with Gasteiger partial charge >= 0.3 is 6.09 Å². The highest BCUT2D eigenvalue weighted by molar-refractivity contribution is 7.80. The van der Waals surface area contributed by atoms with Crippen LogP contribution in [0.2, 0.25) is 0 Å². The van der Waals surface area contributed by atoms with Crippen LogP contribution in [0, 0.1) is 0 Å². The van der Waals surface area contributed by atoms with Crippen LogP contribution in [-0.4, -0.2) is 73.0 Å². The monoisotopic (exact) mass is 421 g/mol. The maximum absolute atomic E-state index is 12.1. The van der Waals surface area contributed by atoms with Crippen molar-refractivity contribution in [3.8, 4) is 11.5 Å². The van der Waals surface area contributed by atoms with Crippen LogP contribution in [0.15, 0.2) is 18.2 Å². The topological polar surface area (TPSA) is 63.3 Å². The summed E-state index contributed by atoms with van der Waals surface area (Å²) >= 11 is 5.59. The zero-order valence-electron chi connectivity index (χ0n) is 17.7. The van der Waals surface area contributed by atoms with Crippen LogP contribution in [0.5, 0.6) is 11.5 Å². The van der Waals surface area contributed by atoms with Crippen molar-refractivity contribution in [3.63, 3.8) is 0 Å². The summed E-state index contributed by atoms with van der Waals surface area (Å²) in [6.45, 7) is 6.96. The number of rotatable bonds is 6. The summed E-state index contributed by atoms with van der Waals surface area (Å²) in [5.41, 5.74) is 0.842. The Kier molecular flexibility index (Phi) is 6.72. The third-order valence-corrected chi connectivity index (χ3v) is 6.08. The number of thiocarbonyl (C=S) groups is 1. The number of ether oxygens (including phenoxy) is 3. The van der Waals surface area contributed by atoms with Crippen molar-refractivity contribution >= 4 is 23.4 Å². The standard InChI is InChI=1S/C21H31N3O4S/c1-21(2)14-28-20(25)24(21)16-8-11-23(12-9-16)19(29)22-10-7-15-13-17(26-3)5-6-18(15)27-4/h5-6,13,16H,7-12,14H2,1-4H3,(H,22,29). The van der Waals surface area contributed by atoms with Gasteiger partial charge in [0.1, 0.15) is 18.1 Å². The number of hydrogen-bond acceptors (Lipinski definition) is 5. The van der Waals surface area contributed by atoms with Crippen molar-refractivity contribution in [2.24, 2.45) is 0 Å². The molecule has 3 rings (SSSR count). The number of likely N-dealkylation sites (tertiary alicyclic amines) is 1. The van der Waals surface area contributed by atoms with Gasteiger partial charge in [-0.2, -0.15) is 0 Å². The predicted octanol–water partition coefficient (Wildman–Crippen LogP) is 2.82. The number of carbonyl (C=O) groups excluding carboxylic acids is 1. The van der Waals surface area contributed by atoms with E-state index in [-0.39, 0.29) is 17.7 Å². The van der Waals surface area contributed by atoms with E-state index in [1.54, 1.807) is 14.2 Å². The van der Waals surface area contributed by atoms with Crippen LogP contribution in [0.25, 0.3) is 0 Å². The van der Waals surface area contributed by atoms with Crippen molar-refractivity contribution < 1.29 is 19.0 Å². The van der Waals surface area contributed by atoms with E-state index in [0.29, 0.717) is 13.2 Å². The summed E-state index contributed by atoms with van der Waals surface area (Å²) in [5.74, 6) is 1.66. The summed E-state index contributed by atoms with van der Waals surface area (Å²) in [6.07, 6.45) is 2.38. The average molecular weight is 422 g/mol. The largest absolute Gasteiger partial charge is 0.497 e. The highest BCUT2D eigenvalue weighted by Gasteiger charge is 2.44. The normalized spacial score (nSPS) is 19.1.